The molecule has 0 aliphatic rings. The van der Waals surface area contributed by atoms with E-state index in [9.17, 15) is 19.2 Å². The van der Waals surface area contributed by atoms with Crippen molar-refractivity contribution in [2.45, 2.75) is 33.2 Å². The van der Waals surface area contributed by atoms with Gasteiger partial charge in [0, 0.05) is 10.7 Å². The van der Waals surface area contributed by atoms with Crippen molar-refractivity contribution >= 4 is 41.1 Å². The number of nitrogens with two attached hydrogens (primary N) is 1. The van der Waals surface area contributed by atoms with Gasteiger partial charge in [0.05, 0.1) is 19.0 Å². The second-order valence-corrected chi connectivity index (χ2v) is 8.01. The van der Waals surface area contributed by atoms with Crippen molar-refractivity contribution in [2.24, 2.45) is 5.73 Å². The maximum atomic E-state index is 12.2. The molecule has 4 amide bonds. The van der Waals surface area contributed by atoms with E-state index in [4.69, 9.17) is 22.1 Å². The Labute approximate surface area is 197 Å². The first kappa shape index (κ1) is 25.7. The Morgan fingerprint density at radius 1 is 1.00 bits per heavy atom. The highest BCUT2D eigenvalue weighted by atomic mass is 35.5. The molecule has 0 aliphatic carbocycles. The quantitative estimate of drug-likeness (QED) is 0.414. The average molecular weight is 475 g/mol. The fourth-order valence-corrected chi connectivity index (χ4v) is 3.41. The summed E-state index contributed by atoms with van der Waals surface area (Å²) in [5.41, 5.74) is 9.39. The highest BCUT2D eigenvalue weighted by Crippen LogP contribution is 2.22. The lowest BCUT2D eigenvalue weighted by atomic mass is 10.0. The summed E-state index contributed by atoms with van der Waals surface area (Å²) in [6, 6.07) is 8.83. The third-order valence-corrected chi connectivity index (χ3v) is 4.96. The van der Waals surface area contributed by atoms with Crippen LogP contribution in [0.15, 0.2) is 36.4 Å². The molecule has 2 aromatic rings. The van der Waals surface area contributed by atoms with E-state index in [0.29, 0.717) is 16.3 Å². The first-order chi connectivity index (χ1) is 15.5. The SMILES string of the molecule is Cc1cc(C)c(NC(=O)CNC(=O)COC(=O)CC(NC(N)=O)c2ccc(Cl)cc2)c(C)c1. The van der Waals surface area contributed by atoms with E-state index in [-0.39, 0.29) is 13.0 Å². The first-order valence-electron chi connectivity index (χ1n) is 10.2. The number of hydrogen-bond acceptors (Lipinski definition) is 5. The van der Waals surface area contributed by atoms with Gasteiger partial charge in [0.15, 0.2) is 6.61 Å². The van der Waals surface area contributed by atoms with Crippen LogP contribution >= 0.6 is 11.6 Å². The van der Waals surface area contributed by atoms with Crippen molar-refractivity contribution in [1.29, 1.82) is 0 Å². The minimum absolute atomic E-state index is 0.246. The van der Waals surface area contributed by atoms with Crippen LogP contribution in [0.25, 0.3) is 0 Å². The van der Waals surface area contributed by atoms with Gasteiger partial charge in [-0.3, -0.25) is 14.4 Å². The molecule has 0 radical (unpaired) electrons. The fourth-order valence-electron chi connectivity index (χ4n) is 3.28. The van der Waals surface area contributed by atoms with E-state index in [1.807, 2.05) is 32.9 Å². The summed E-state index contributed by atoms with van der Waals surface area (Å²) in [7, 11) is 0. The molecule has 0 heterocycles. The molecule has 0 saturated carbocycles. The Hall–Kier alpha value is -3.59. The summed E-state index contributed by atoms with van der Waals surface area (Å²) in [6.45, 7) is 4.89. The third-order valence-electron chi connectivity index (χ3n) is 4.71. The maximum absolute atomic E-state index is 12.2. The van der Waals surface area contributed by atoms with E-state index in [1.54, 1.807) is 24.3 Å². The zero-order valence-corrected chi connectivity index (χ0v) is 19.4. The van der Waals surface area contributed by atoms with Crippen molar-refractivity contribution in [3.63, 3.8) is 0 Å². The van der Waals surface area contributed by atoms with E-state index in [1.165, 1.54) is 0 Å². The highest BCUT2D eigenvalue weighted by molar-refractivity contribution is 6.30. The monoisotopic (exact) mass is 474 g/mol. The van der Waals surface area contributed by atoms with Crippen molar-refractivity contribution in [3.8, 4) is 0 Å². The minimum Gasteiger partial charge on any atom is -0.456 e. The van der Waals surface area contributed by atoms with Crippen LogP contribution < -0.4 is 21.7 Å². The molecular formula is C23H27ClN4O5. The number of nitrogens with one attached hydrogen (secondary N) is 3. The van der Waals surface area contributed by atoms with Gasteiger partial charge in [-0.2, -0.15) is 0 Å². The molecule has 1 atom stereocenters. The van der Waals surface area contributed by atoms with Crippen LogP contribution in [0.3, 0.4) is 0 Å². The predicted octanol–water partition coefficient (Wildman–Crippen LogP) is 2.66. The smallest absolute Gasteiger partial charge is 0.312 e. The van der Waals surface area contributed by atoms with Gasteiger partial charge in [-0.15, -0.1) is 0 Å². The summed E-state index contributed by atoms with van der Waals surface area (Å²) < 4.78 is 4.96. The number of urea groups is 1. The molecular weight excluding hydrogens is 448 g/mol. The van der Waals surface area contributed by atoms with Gasteiger partial charge < -0.3 is 26.4 Å². The summed E-state index contributed by atoms with van der Waals surface area (Å²) in [6.07, 6.45) is -0.246. The molecule has 2 rings (SSSR count). The Morgan fingerprint density at radius 2 is 1.61 bits per heavy atom. The molecule has 0 saturated heterocycles. The standard InChI is InChI=1S/C23H27ClN4O5/c1-13-8-14(2)22(15(3)9-13)28-19(29)11-26-20(30)12-33-21(31)10-18(27-23(25)32)16-4-6-17(24)7-5-16/h4-9,18H,10-12H2,1-3H3,(H,26,30)(H,28,29)(H3,25,27,32). The predicted molar refractivity (Wildman–Crippen MR) is 125 cm³/mol. The van der Waals surface area contributed by atoms with Gasteiger partial charge in [0.25, 0.3) is 5.91 Å². The van der Waals surface area contributed by atoms with Crippen molar-refractivity contribution < 1.29 is 23.9 Å². The number of ether oxygens (including phenoxy) is 1. The number of rotatable bonds is 9. The van der Waals surface area contributed by atoms with Gasteiger partial charge in [-0.05, 0) is 49.6 Å². The van der Waals surface area contributed by atoms with Crippen molar-refractivity contribution in [3.05, 3.63) is 63.7 Å². The van der Waals surface area contributed by atoms with Crippen LogP contribution in [0, 0.1) is 20.8 Å². The van der Waals surface area contributed by atoms with E-state index >= 15 is 0 Å². The van der Waals surface area contributed by atoms with Crippen LogP contribution in [0.2, 0.25) is 5.02 Å². The van der Waals surface area contributed by atoms with Crippen LogP contribution in [0.4, 0.5) is 10.5 Å². The second-order valence-electron chi connectivity index (χ2n) is 7.58. The lowest BCUT2D eigenvalue weighted by molar-refractivity contribution is -0.149. The normalized spacial score (nSPS) is 11.3. The summed E-state index contributed by atoms with van der Waals surface area (Å²) >= 11 is 5.85. The summed E-state index contributed by atoms with van der Waals surface area (Å²) in [4.78, 5) is 47.6. The Morgan fingerprint density at radius 3 is 2.18 bits per heavy atom. The number of primary amides is 1. The molecule has 0 spiro atoms. The van der Waals surface area contributed by atoms with Crippen LogP contribution in [0.1, 0.15) is 34.7 Å². The van der Waals surface area contributed by atoms with Gasteiger partial charge in [-0.25, -0.2) is 4.79 Å². The van der Waals surface area contributed by atoms with Gasteiger partial charge in [0.2, 0.25) is 5.91 Å². The van der Waals surface area contributed by atoms with Crippen LogP contribution in [-0.2, 0) is 19.1 Å². The zero-order chi connectivity index (χ0) is 24.5. The van der Waals surface area contributed by atoms with Crippen LogP contribution in [-0.4, -0.2) is 37.0 Å². The number of amides is 4. The maximum Gasteiger partial charge on any atom is 0.312 e. The molecule has 0 aromatic heterocycles. The minimum atomic E-state index is -0.814. The largest absolute Gasteiger partial charge is 0.456 e. The Balaban J connectivity index is 1.82. The molecule has 176 valence electrons. The van der Waals surface area contributed by atoms with E-state index in [2.05, 4.69) is 16.0 Å². The number of carbonyl (C=O) groups is 4. The third kappa shape index (κ3) is 8.46. The van der Waals surface area contributed by atoms with Crippen molar-refractivity contribution in [2.75, 3.05) is 18.5 Å². The molecule has 9 nitrogen and oxygen atoms in total. The summed E-state index contributed by atoms with van der Waals surface area (Å²) in [5.74, 6) is -1.77. The number of halogens is 1. The lowest BCUT2D eigenvalue weighted by Crippen LogP contribution is -2.37. The van der Waals surface area contributed by atoms with Gasteiger partial charge in [-0.1, -0.05) is 41.4 Å². The molecule has 0 fully saturated rings. The highest BCUT2D eigenvalue weighted by Gasteiger charge is 2.19. The average Bonchev–Trinajstić information content (AvgIpc) is 2.73. The zero-order valence-electron chi connectivity index (χ0n) is 18.7. The first-order valence-corrected chi connectivity index (χ1v) is 10.5. The summed E-state index contributed by atoms with van der Waals surface area (Å²) in [5, 5.41) is 8.11. The lowest BCUT2D eigenvalue weighted by Gasteiger charge is -2.17. The van der Waals surface area contributed by atoms with Gasteiger partial charge >= 0.3 is 12.0 Å². The number of benzene rings is 2. The number of anilines is 1. The fraction of sp³-hybridized carbons (Fsp3) is 0.304. The Kier molecular flexibility index (Phi) is 9.23. The topological polar surface area (TPSA) is 140 Å². The van der Waals surface area contributed by atoms with E-state index < -0.39 is 36.5 Å². The van der Waals surface area contributed by atoms with Crippen molar-refractivity contribution in [1.82, 2.24) is 10.6 Å². The Bertz CT molecular complexity index is 1020. The second kappa shape index (κ2) is 11.9. The van der Waals surface area contributed by atoms with E-state index in [0.717, 1.165) is 16.7 Å². The molecule has 0 aliphatic heterocycles. The number of carbonyl (C=O) groups excluding carboxylic acids is 4. The molecule has 10 heteroatoms. The molecule has 1 unspecified atom stereocenters. The number of aryl methyl sites for hydroxylation is 3. The molecule has 33 heavy (non-hydrogen) atoms. The number of esters is 1. The molecule has 0 bridgehead atoms. The van der Waals surface area contributed by atoms with Gasteiger partial charge in [0.1, 0.15) is 0 Å². The number of hydrogen-bond donors (Lipinski definition) is 4. The molecule has 5 N–H and O–H groups in total. The van der Waals surface area contributed by atoms with Crippen LogP contribution in [0.5, 0.6) is 0 Å². The molecule has 2 aromatic carbocycles.